The second kappa shape index (κ2) is 9.14. The molecule has 1 amide bonds. The van der Waals surface area contributed by atoms with Gasteiger partial charge in [-0.05, 0) is 86.8 Å². The number of phenols is 1. The number of hydrogen-bond acceptors (Lipinski definition) is 8. The molecular weight excluding hydrogens is 500 g/mol. The van der Waals surface area contributed by atoms with E-state index in [9.17, 15) is 30.0 Å². The molecule has 0 saturated heterocycles. The highest BCUT2D eigenvalue weighted by atomic mass is 16.5. The van der Waals surface area contributed by atoms with Gasteiger partial charge < -0.3 is 25.2 Å². The molecule has 5 aliphatic rings. The van der Waals surface area contributed by atoms with Crippen LogP contribution in [-0.2, 0) is 9.53 Å². The third-order valence-electron chi connectivity index (χ3n) is 11.2. The molecule has 0 spiro atoms. The minimum atomic E-state index is -1.22. The van der Waals surface area contributed by atoms with Crippen LogP contribution in [0.15, 0.2) is 41.0 Å². The predicted octanol–water partition coefficient (Wildman–Crippen LogP) is 2.82. The van der Waals surface area contributed by atoms with Crippen molar-refractivity contribution in [2.45, 2.75) is 82.0 Å². The number of para-hydroxylation sites is 1. The molecule has 0 bridgehead atoms. The summed E-state index contributed by atoms with van der Waals surface area (Å²) in [6.45, 7) is 2.43. The van der Waals surface area contributed by atoms with Crippen molar-refractivity contribution in [2.24, 2.45) is 33.7 Å². The summed E-state index contributed by atoms with van der Waals surface area (Å²) in [5.74, 6) is -1.15. The van der Waals surface area contributed by atoms with Gasteiger partial charge in [-0.2, -0.15) is 5.10 Å². The molecule has 9 heteroatoms. The molecule has 0 aromatic heterocycles. The summed E-state index contributed by atoms with van der Waals surface area (Å²) in [5, 5.41) is 49.5. The van der Waals surface area contributed by atoms with Crippen molar-refractivity contribution in [3.63, 3.8) is 0 Å². The fourth-order valence-corrected chi connectivity index (χ4v) is 9.29. The molecule has 4 saturated carbocycles. The van der Waals surface area contributed by atoms with E-state index in [1.807, 2.05) is 0 Å². The van der Waals surface area contributed by atoms with E-state index in [0.29, 0.717) is 32.1 Å². The quantitative estimate of drug-likeness (QED) is 0.225. The van der Waals surface area contributed by atoms with Crippen molar-refractivity contribution >= 4 is 18.1 Å². The average molecular weight is 539 g/mol. The minimum Gasteiger partial charge on any atom is -0.507 e. The van der Waals surface area contributed by atoms with Crippen molar-refractivity contribution in [3.05, 3.63) is 41.5 Å². The predicted molar refractivity (Wildman–Crippen MR) is 142 cm³/mol. The van der Waals surface area contributed by atoms with E-state index in [1.54, 1.807) is 24.4 Å². The first kappa shape index (κ1) is 26.5. The first-order valence-corrected chi connectivity index (χ1v) is 14.2. The Morgan fingerprint density at radius 2 is 1.85 bits per heavy atom. The average Bonchev–Trinajstić information content (AvgIpc) is 3.44. The highest BCUT2D eigenvalue weighted by molar-refractivity contribution is 5.97. The number of amides is 1. The van der Waals surface area contributed by atoms with E-state index in [4.69, 9.17) is 4.74 Å². The van der Waals surface area contributed by atoms with Gasteiger partial charge in [0.25, 0.3) is 5.91 Å². The van der Waals surface area contributed by atoms with Gasteiger partial charge in [0, 0.05) is 29.5 Å². The summed E-state index contributed by atoms with van der Waals surface area (Å²) in [4.78, 5) is 24.6. The van der Waals surface area contributed by atoms with Gasteiger partial charge in [0.1, 0.15) is 12.4 Å². The summed E-state index contributed by atoms with van der Waals surface area (Å²) in [6, 6.07) is 6.23. The number of hydrazone groups is 1. The minimum absolute atomic E-state index is 0.0614. The van der Waals surface area contributed by atoms with Gasteiger partial charge in [-0.25, -0.2) is 10.2 Å². The van der Waals surface area contributed by atoms with Gasteiger partial charge in [-0.15, -0.1) is 0 Å². The Morgan fingerprint density at radius 1 is 1.08 bits per heavy atom. The fraction of sp³-hybridized carbons (Fsp3) is 0.633. The van der Waals surface area contributed by atoms with Crippen LogP contribution in [-0.4, -0.2) is 62.4 Å². The number of fused-ring (bicyclic) bond motifs is 5. The molecule has 1 aliphatic heterocycles. The van der Waals surface area contributed by atoms with Gasteiger partial charge in [-0.1, -0.05) is 19.1 Å². The Balaban J connectivity index is 1.33. The lowest BCUT2D eigenvalue weighted by Crippen LogP contribution is -2.68. The number of aliphatic hydroxyl groups is 3. The lowest BCUT2D eigenvalue weighted by Gasteiger charge is -2.65. The lowest BCUT2D eigenvalue weighted by atomic mass is 9.41. The summed E-state index contributed by atoms with van der Waals surface area (Å²) < 4.78 is 5.22. The molecule has 5 unspecified atom stereocenters. The second-order valence-corrected chi connectivity index (χ2v) is 12.7. The van der Waals surface area contributed by atoms with Crippen molar-refractivity contribution in [2.75, 3.05) is 6.61 Å². The first-order chi connectivity index (χ1) is 18.5. The third kappa shape index (κ3) is 3.80. The number of nitrogens with zero attached hydrogens (tertiary/aromatic N) is 1. The maximum Gasteiger partial charge on any atom is 0.331 e. The number of hydrogen-bond donors (Lipinski definition) is 5. The Morgan fingerprint density at radius 3 is 2.59 bits per heavy atom. The molecule has 1 aromatic carbocycles. The zero-order valence-electron chi connectivity index (χ0n) is 22.3. The van der Waals surface area contributed by atoms with Gasteiger partial charge in [-0.3, -0.25) is 4.79 Å². The highest BCUT2D eigenvalue weighted by Crippen LogP contribution is 2.70. The Bertz CT molecular complexity index is 1250. The summed E-state index contributed by atoms with van der Waals surface area (Å²) in [5.41, 5.74) is 0.149. The summed E-state index contributed by atoms with van der Waals surface area (Å²) in [6.07, 6.45) is 7.75. The largest absolute Gasteiger partial charge is 0.507 e. The van der Waals surface area contributed by atoms with Crippen LogP contribution in [0.3, 0.4) is 0 Å². The number of phenolic OH excluding ortho intramolecular Hbond substituents is 1. The number of esters is 1. The number of carbonyl (C=O) groups excluding carboxylic acids is 2. The Labute approximate surface area is 228 Å². The van der Waals surface area contributed by atoms with Crippen LogP contribution in [0.4, 0.5) is 0 Å². The maximum absolute atomic E-state index is 12.7. The molecule has 4 aliphatic carbocycles. The number of aromatic hydroxyl groups is 1. The normalized spacial score (nSPS) is 43.3. The number of carbonyl (C=O) groups is 2. The number of aliphatic hydroxyl groups excluding tert-OH is 1. The monoisotopic (exact) mass is 538 g/mol. The van der Waals surface area contributed by atoms with Gasteiger partial charge in [0.15, 0.2) is 0 Å². The molecule has 39 heavy (non-hydrogen) atoms. The van der Waals surface area contributed by atoms with Crippen molar-refractivity contribution in [1.82, 2.24) is 5.43 Å². The molecule has 1 heterocycles. The van der Waals surface area contributed by atoms with Gasteiger partial charge in [0.05, 0.1) is 22.9 Å². The van der Waals surface area contributed by atoms with E-state index in [2.05, 4.69) is 17.5 Å². The topological polar surface area (TPSA) is 149 Å². The molecule has 210 valence electrons. The second-order valence-electron chi connectivity index (χ2n) is 12.7. The third-order valence-corrected chi connectivity index (χ3v) is 11.2. The fourth-order valence-electron chi connectivity index (χ4n) is 9.29. The van der Waals surface area contributed by atoms with E-state index < -0.39 is 34.0 Å². The van der Waals surface area contributed by atoms with E-state index >= 15 is 0 Å². The summed E-state index contributed by atoms with van der Waals surface area (Å²) >= 11 is 0. The van der Waals surface area contributed by atoms with Crippen molar-refractivity contribution < 1.29 is 34.8 Å². The van der Waals surface area contributed by atoms with Gasteiger partial charge >= 0.3 is 5.97 Å². The van der Waals surface area contributed by atoms with Crippen molar-refractivity contribution in [1.29, 1.82) is 0 Å². The maximum atomic E-state index is 12.7. The number of nitrogens with one attached hydrogen (secondary N) is 1. The molecular formula is C30H38N2O7. The van der Waals surface area contributed by atoms with Crippen LogP contribution < -0.4 is 5.43 Å². The van der Waals surface area contributed by atoms with E-state index in [1.165, 1.54) is 12.1 Å². The number of rotatable bonds is 4. The molecule has 4 fully saturated rings. The molecule has 9 nitrogen and oxygen atoms in total. The first-order valence-electron chi connectivity index (χ1n) is 14.2. The molecule has 8 atom stereocenters. The molecule has 5 N–H and O–H groups in total. The van der Waals surface area contributed by atoms with E-state index in [-0.39, 0.29) is 48.1 Å². The standard InChI is InChI=1S/C30H38N2O7/c1-27-10-7-22-23(30(27,38)13-9-21(27)18-14-25(35)39-16-18)8-12-29(37)15-19(33)6-11-28(22,29)17-31-32-26(36)20-4-2-3-5-24(20)34/h2-5,14,17,19,21-23,33-34,37-38H,6-13,15-16H2,1H3,(H,32,36)/t19-,21?,22+,23-,27?,28?,29?,30?/m1/s1. The number of ether oxygens (including phenoxy) is 1. The molecule has 0 radical (unpaired) electrons. The van der Waals surface area contributed by atoms with Crippen LogP contribution in [0.2, 0.25) is 0 Å². The van der Waals surface area contributed by atoms with Crippen LogP contribution in [0.5, 0.6) is 5.75 Å². The van der Waals surface area contributed by atoms with E-state index in [0.717, 1.165) is 24.8 Å². The lowest BCUT2D eigenvalue weighted by molar-refractivity contribution is -0.237. The van der Waals surface area contributed by atoms with Crippen LogP contribution in [0.1, 0.15) is 75.1 Å². The zero-order chi connectivity index (χ0) is 27.6. The Kier molecular flexibility index (Phi) is 6.21. The smallest absolute Gasteiger partial charge is 0.331 e. The molecule has 1 aromatic rings. The zero-order valence-corrected chi connectivity index (χ0v) is 22.3. The van der Waals surface area contributed by atoms with Gasteiger partial charge in [0.2, 0.25) is 0 Å². The molecule has 6 rings (SSSR count). The van der Waals surface area contributed by atoms with Crippen LogP contribution in [0, 0.1) is 28.6 Å². The SMILES string of the molecule is CC12CC[C@H]3[C@@H](CCC4(O)C[C@H](O)CCC34C=NNC(=O)c3ccccc3O)C1(O)CCC2C1=CC(=O)OC1. The van der Waals surface area contributed by atoms with Crippen molar-refractivity contribution in [3.8, 4) is 5.75 Å². The Hall–Kier alpha value is -2.75. The van der Waals surface area contributed by atoms with Crippen LogP contribution in [0.25, 0.3) is 0 Å². The van der Waals surface area contributed by atoms with Crippen LogP contribution >= 0.6 is 0 Å². The number of cyclic esters (lactones) is 1. The summed E-state index contributed by atoms with van der Waals surface area (Å²) in [7, 11) is 0. The number of benzene rings is 1. The highest BCUT2D eigenvalue weighted by Gasteiger charge is 2.71.